The van der Waals surface area contributed by atoms with Crippen LogP contribution in [0.2, 0.25) is 0 Å². The molecular weight excluding hydrogens is 316 g/mol. The summed E-state index contributed by atoms with van der Waals surface area (Å²) in [5.41, 5.74) is -0.814. The van der Waals surface area contributed by atoms with Crippen LogP contribution in [-0.2, 0) is 9.53 Å². The molecule has 136 valence electrons. The van der Waals surface area contributed by atoms with Gasteiger partial charge in [-0.1, -0.05) is 6.08 Å². The van der Waals surface area contributed by atoms with Crippen LogP contribution in [0, 0.1) is 5.41 Å². The molecule has 0 spiro atoms. The number of hydrogen-bond acceptors (Lipinski definition) is 4. The van der Waals surface area contributed by atoms with Crippen LogP contribution in [0.4, 0.5) is 9.59 Å². The Hall–Kier alpha value is -2.25. The standard InChI is InChI=1S/C16H26N2O6/c1-16(13(19)20)8-5-4-6-12(7-9-16)24-15(23)18(3)11-10-17(2)14(21)22/h4,6,12H,5,7-11H2,1-3H3,(H,19,20)(H,21,22)/b6-4+/t12-,16+/m0/s1. The molecule has 2 amide bonds. The van der Waals surface area contributed by atoms with Gasteiger partial charge in [0.15, 0.2) is 0 Å². The number of aliphatic carboxylic acids is 1. The van der Waals surface area contributed by atoms with Crippen molar-refractivity contribution in [3.05, 3.63) is 12.2 Å². The maximum absolute atomic E-state index is 12.1. The highest BCUT2D eigenvalue weighted by Gasteiger charge is 2.34. The topological polar surface area (TPSA) is 107 Å². The summed E-state index contributed by atoms with van der Waals surface area (Å²) in [5, 5.41) is 18.1. The largest absolute Gasteiger partial charge is 0.481 e. The Bertz CT molecular complexity index is 507. The van der Waals surface area contributed by atoms with Crippen LogP contribution in [0.5, 0.6) is 0 Å². The molecule has 24 heavy (non-hydrogen) atoms. The summed E-state index contributed by atoms with van der Waals surface area (Å²) >= 11 is 0. The zero-order valence-corrected chi connectivity index (χ0v) is 14.4. The zero-order chi connectivity index (χ0) is 18.3. The van der Waals surface area contributed by atoms with Gasteiger partial charge in [-0.15, -0.1) is 0 Å². The van der Waals surface area contributed by atoms with Crippen molar-refractivity contribution in [3.8, 4) is 0 Å². The van der Waals surface area contributed by atoms with Crippen molar-refractivity contribution in [2.75, 3.05) is 27.2 Å². The number of carbonyl (C=O) groups is 3. The third kappa shape index (κ3) is 5.75. The van der Waals surface area contributed by atoms with Gasteiger partial charge in [-0.25, -0.2) is 9.59 Å². The van der Waals surface area contributed by atoms with Crippen LogP contribution in [0.3, 0.4) is 0 Å². The van der Waals surface area contributed by atoms with Gasteiger partial charge in [-0.05, 0) is 38.7 Å². The van der Waals surface area contributed by atoms with Gasteiger partial charge in [0.1, 0.15) is 6.10 Å². The first-order valence-electron chi connectivity index (χ1n) is 7.91. The van der Waals surface area contributed by atoms with Crippen LogP contribution >= 0.6 is 0 Å². The maximum atomic E-state index is 12.1. The second-order valence-electron chi connectivity index (χ2n) is 6.42. The van der Waals surface area contributed by atoms with Crippen molar-refractivity contribution in [3.63, 3.8) is 0 Å². The van der Waals surface area contributed by atoms with Crippen molar-refractivity contribution < 1.29 is 29.3 Å². The monoisotopic (exact) mass is 342 g/mol. The van der Waals surface area contributed by atoms with Gasteiger partial charge in [0.25, 0.3) is 0 Å². The van der Waals surface area contributed by atoms with E-state index in [0.717, 1.165) is 4.90 Å². The number of hydrogen-bond donors (Lipinski definition) is 2. The predicted octanol–water partition coefficient (Wildman–Crippen LogP) is 2.25. The Balaban J connectivity index is 2.54. The molecule has 0 aromatic rings. The highest BCUT2D eigenvalue weighted by Crippen LogP contribution is 2.32. The van der Waals surface area contributed by atoms with Gasteiger partial charge in [0.05, 0.1) is 5.41 Å². The van der Waals surface area contributed by atoms with E-state index in [1.54, 1.807) is 13.0 Å². The van der Waals surface area contributed by atoms with E-state index in [1.807, 2.05) is 6.08 Å². The number of likely N-dealkylation sites (N-methyl/N-ethyl adjacent to an activating group) is 2. The predicted molar refractivity (Wildman–Crippen MR) is 86.9 cm³/mol. The lowest BCUT2D eigenvalue weighted by atomic mass is 9.79. The number of rotatable bonds is 5. The molecule has 2 N–H and O–H groups in total. The number of amides is 2. The molecule has 0 heterocycles. The van der Waals surface area contributed by atoms with Gasteiger partial charge >= 0.3 is 18.2 Å². The van der Waals surface area contributed by atoms with Crippen LogP contribution in [-0.4, -0.2) is 71.5 Å². The Morgan fingerprint density at radius 1 is 1.17 bits per heavy atom. The molecule has 0 unspecified atom stereocenters. The molecular formula is C16H26N2O6. The molecule has 0 fully saturated rings. The van der Waals surface area contributed by atoms with Crippen molar-refractivity contribution in [2.45, 2.75) is 38.7 Å². The Labute approximate surface area is 141 Å². The number of carboxylic acid groups (broad SMARTS) is 2. The Kier molecular flexibility index (Phi) is 7.06. The van der Waals surface area contributed by atoms with Crippen molar-refractivity contribution >= 4 is 18.2 Å². The quantitative estimate of drug-likeness (QED) is 0.742. The maximum Gasteiger partial charge on any atom is 0.410 e. The van der Waals surface area contributed by atoms with E-state index in [2.05, 4.69) is 0 Å². The molecule has 0 saturated carbocycles. The van der Waals surface area contributed by atoms with Gasteiger partial charge in [-0.2, -0.15) is 0 Å². The van der Waals surface area contributed by atoms with Crippen LogP contribution in [0.1, 0.15) is 32.6 Å². The first-order chi connectivity index (χ1) is 11.2. The molecule has 8 nitrogen and oxygen atoms in total. The minimum absolute atomic E-state index is 0.179. The molecule has 0 bridgehead atoms. The summed E-state index contributed by atoms with van der Waals surface area (Å²) in [5.74, 6) is -0.836. The highest BCUT2D eigenvalue weighted by atomic mass is 16.6. The minimum atomic E-state index is -1.06. The second kappa shape index (κ2) is 8.56. The lowest BCUT2D eigenvalue weighted by Gasteiger charge is -2.28. The van der Waals surface area contributed by atoms with E-state index in [9.17, 15) is 19.5 Å². The first-order valence-corrected chi connectivity index (χ1v) is 7.91. The highest BCUT2D eigenvalue weighted by molar-refractivity contribution is 5.74. The molecule has 0 radical (unpaired) electrons. The van der Waals surface area contributed by atoms with Crippen LogP contribution < -0.4 is 0 Å². The summed E-state index contributed by atoms with van der Waals surface area (Å²) in [6.07, 6.45) is 3.58. The van der Waals surface area contributed by atoms with Gasteiger partial charge < -0.3 is 24.7 Å². The minimum Gasteiger partial charge on any atom is -0.481 e. The third-order valence-corrected chi connectivity index (χ3v) is 4.37. The normalized spacial score (nSPS) is 25.0. The Morgan fingerprint density at radius 3 is 2.38 bits per heavy atom. The molecule has 8 heteroatoms. The lowest BCUT2D eigenvalue weighted by Crippen LogP contribution is -2.38. The SMILES string of the molecule is CN(CCN(C)C(=O)O[C@H]1/C=C/CC[C@@](C)(C(=O)O)CC1)C(=O)O. The van der Waals surface area contributed by atoms with E-state index in [0.29, 0.717) is 25.7 Å². The van der Waals surface area contributed by atoms with E-state index < -0.39 is 29.7 Å². The molecule has 0 aromatic heterocycles. The summed E-state index contributed by atoms with van der Waals surface area (Å²) in [6, 6.07) is 0. The molecule has 0 saturated heterocycles. The van der Waals surface area contributed by atoms with Crippen molar-refractivity contribution in [2.24, 2.45) is 5.41 Å². The third-order valence-electron chi connectivity index (χ3n) is 4.37. The molecule has 0 aromatic carbocycles. The van der Waals surface area contributed by atoms with Gasteiger partial charge in [0, 0.05) is 27.2 Å². The first kappa shape index (κ1) is 19.8. The summed E-state index contributed by atoms with van der Waals surface area (Å²) in [6.45, 7) is 2.10. The molecule has 1 aliphatic carbocycles. The van der Waals surface area contributed by atoms with E-state index in [-0.39, 0.29) is 13.1 Å². The number of nitrogens with zero attached hydrogens (tertiary/aromatic N) is 2. The lowest BCUT2D eigenvalue weighted by molar-refractivity contribution is -0.149. The van der Waals surface area contributed by atoms with E-state index in [4.69, 9.17) is 9.84 Å². The van der Waals surface area contributed by atoms with Crippen molar-refractivity contribution in [1.29, 1.82) is 0 Å². The fraction of sp³-hybridized carbons (Fsp3) is 0.688. The number of carboxylic acids is 1. The summed E-state index contributed by atoms with van der Waals surface area (Å²) in [7, 11) is 2.96. The van der Waals surface area contributed by atoms with Crippen molar-refractivity contribution in [1.82, 2.24) is 9.80 Å². The number of allylic oxidation sites excluding steroid dienone is 1. The number of carbonyl (C=O) groups excluding carboxylic acids is 1. The molecule has 2 atom stereocenters. The van der Waals surface area contributed by atoms with Crippen LogP contribution in [0.15, 0.2) is 12.2 Å². The Morgan fingerprint density at radius 2 is 1.79 bits per heavy atom. The summed E-state index contributed by atoms with van der Waals surface area (Å²) in [4.78, 5) is 36.6. The summed E-state index contributed by atoms with van der Waals surface area (Å²) < 4.78 is 5.40. The fourth-order valence-electron chi connectivity index (χ4n) is 2.35. The fourth-order valence-corrected chi connectivity index (χ4v) is 2.35. The molecule has 1 aliphatic rings. The molecule has 1 rings (SSSR count). The smallest absolute Gasteiger partial charge is 0.410 e. The van der Waals surface area contributed by atoms with Gasteiger partial charge in [0.2, 0.25) is 0 Å². The van der Waals surface area contributed by atoms with E-state index in [1.165, 1.54) is 19.0 Å². The van der Waals surface area contributed by atoms with Crippen LogP contribution in [0.25, 0.3) is 0 Å². The average molecular weight is 342 g/mol. The zero-order valence-electron chi connectivity index (χ0n) is 14.4. The average Bonchev–Trinajstić information content (AvgIpc) is 2.51. The molecule has 0 aliphatic heterocycles. The number of ether oxygens (including phenoxy) is 1. The van der Waals surface area contributed by atoms with Gasteiger partial charge in [-0.3, -0.25) is 4.79 Å². The van der Waals surface area contributed by atoms with E-state index >= 15 is 0 Å². The second-order valence-corrected chi connectivity index (χ2v) is 6.42.